The second kappa shape index (κ2) is 10.5. The maximum absolute atomic E-state index is 13.8. The molecule has 0 amide bonds. The molecule has 0 spiro atoms. The molecule has 4 aromatic rings. The third-order valence-corrected chi connectivity index (χ3v) is 7.37. The number of carbonyl (C=O) groups excluding carboxylic acids is 1. The summed E-state index contributed by atoms with van der Waals surface area (Å²) in [5.74, 6) is 0.158. The number of para-hydroxylation sites is 1. The van der Waals surface area contributed by atoms with E-state index < -0.39 is 0 Å². The average Bonchev–Trinajstić information content (AvgIpc) is 3.54. The predicted molar refractivity (Wildman–Crippen MR) is 142 cm³/mol. The molecule has 1 N–H and O–H groups in total. The van der Waals surface area contributed by atoms with E-state index in [1.165, 1.54) is 11.1 Å². The lowest BCUT2D eigenvalue weighted by atomic mass is 9.83. The molecule has 180 valence electrons. The van der Waals surface area contributed by atoms with Crippen LogP contribution in [-0.2, 0) is 4.74 Å². The van der Waals surface area contributed by atoms with Crippen molar-refractivity contribution in [3.63, 3.8) is 0 Å². The first-order valence-electron chi connectivity index (χ1n) is 12.8. The zero-order chi connectivity index (χ0) is 24.2. The number of hydrogen-bond donors (Lipinski definition) is 1. The van der Waals surface area contributed by atoms with Crippen molar-refractivity contribution < 1.29 is 9.53 Å². The largest absolute Gasteiger partial charge is 0.461 e. The molecule has 3 aromatic carbocycles. The Morgan fingerprint density at radius 2 is 1.57 bits per heavy atom. The Balaban J connectivity index is 1.85. The van der Waals surface area contributed by atoms with Gasteiger partial charge in [0.2, 0.25) is 0 Å². The highest BCUT2D eigenvalue weighted by molar-refractivity contribution is 6.00. The van der Waals surface area contributed by atoms with Gasteiger partial charge in [-0.05, 0) is 56.0 Å². The molecule has 0 saturated carbocycles. The summed E-state index contributed by atoms with van der Waals surface area (Å²) in [4.78, 5) is 13.8. The number of nitrogens with one attached hydrogen (secondary N) is 1. The number of rotatable bonds is 8. The number of esters is 1. The van der Waals surface area contributed by atoms with Crippen molar-refractivity contribution in [2.45, 2.75) is 38.6 Å². The van der Waals surface area contributed by atoms with Gasteiger partial charge < -0.3 is 14.6 Å². The number of carbonyl (C=O) groups is 1. The van der Waals surface area contributed by atoms with Crippen LogP contribution in [0.25, 0.3) is 10.9 Å². The Morgan fingerprint density at radius 3 is 2.14 bits per heavy atom. The molecule has 4 nitrogen and oxygen atoms in total. The van der Waals surface area contributed by atoms with E-state index >= 15 is 0 Å². The van der Waals surface area contributed by atoms with Gasteiger partial charge in [0.1, 0.15) is 5.69 Å². The minimum absolute atomic E-state index is 0.0813. The molecular formula is C31H34N2O2. The lowest BCUT2D eigenvalue weighted by molar-refractivity contribution is 0.0508. The molecule has 4 heteroatoms. The van der Waals surface area contributed by atoms with E-state index in [9.17, 15) is 4.79 Å². The van der Waals surface area contributed by atoms with Crippen LogP contribution >= 0.6 is 0 Å². The summed E-state index contributed by atoms with van der Waals surface area (Å²) < 4.78 is 8.06. The monoisotopic (exact) mass is 466 g/mol. The SMILES string of the molecule is CCOC(=O)c1c(C(c2ccccc2)c2ccccc2)c2ccccc2n1C(CC)C1CCNC1. The molecule has 1 saturated heterocycles. The number of aromatic nitrogens is 1. The average molecular weight is 467 g/mol. The number of ether oxygens (including phenoxy) is 1. The third-order valence-electron chi connectivity index (χ3n) is 7.37. The van der Waals surface area contributed by atoms with Gasteiger partial charge in [-0.1, -0.05) is 85.8 Å². The van der Waals surface area contributed by atoms with Gasteiger partial charge in [0.25, 0.3) is 0 Å². The zero-order valence-electron chi connectivity index (χ0n) is 20.6. The quantitative estimate of drug-likeness (QED) is 0.299. The van der Waals surface area contributed by atoms with Crippen molar-refractivity contribution >= 4 is 16.9 Å². The fourth-order valence-corrected chi connectivity index (χ4v) is 5.88. The van der Waals surface area contributed by atoms with Gasteiger partial charge >= 0.3 is 5.97 Å². The van der Waals surface area contributed by atoms with E-state index in [0.717, 1.165) is 42.4 Å². The maximum Gasteiger partial charge on any atom is 0.355 e. The van der Waals surface area contributed by atoms with Crippen molar-refractivity contribution in [1.82, 2.24) is 9.88 Å². The molecule has 2 atom stereocenters. The van der Waals surface area contributed by atoms with Crippen molar-refractivity contribution in [2.75, 3.05) is 19.7 Å². The van der Waals surface area contributed by atoms with Crippen LogP contribution in [-0.4, -0.2) is 30.2 Å². The topological polar surface area (TPSA) is 43.3 Å². The molecule has 2 unspecified atom stereocenters. The molecule has 2 heterocycles. The Hall–Kier alpha value is -3.37. The summed E-state index contributed by atoms with van der Waals surface area (Å²) in [6.07, 6.45) is 2.07. The highest BCUT2D eigenvalue weighted by Crippen LogP contribution is 2.43. The van der Waals surface area contributed by atoms with Gasteiger partial charge in [0.05, 0.1) is 6.61 Å². The molecule has 0 aliphatic carbocycles. The van der Waals surface area contributed by atoms with Gasteiger partial charge in [0, 0.05) is 28.4 Å². The molecular weight excluding hydrogens is 432 g/mol. The summed E-state index contributed by atoms with van der Waals surface area (Å²) in [5.41, 5.74) is 5.19. The molecule has 1 aromatic heterocycles. The summed E-state index contributed by atoms with van der Waals surface area (Å²) in [5, 5.41) is 4.65. The van der Waals surface area contributed by atoms with Gasteiger partial charge in [-0.2, -0.15) is 0 Å². The molecule has 1 fully saturated rings. The van der Waals surface area contributed by atoms with E-state index in [0.29, 0.717) is 18.2 Å². The van der Waals surface area contributed by atoms with Gasteiger partial charge in [-0.3, -0.25) is 0 Å². The van der Waals surface area contributed by atoms with E-state index in [2.05, 4.69) is 89.6 Å². The number of benzene rings is 3. The first kappa shape index (κ1) is 23.4. The Bertz CT molecular complexity index is 1230. The van der Waals surface area contributed by atoms with Crippen LogP contribution in [0.4, 0.5) is 0 Å². The summed E-state index contributed by atoms with van der Waals surface area (Å²) >= 11 is 0. The van der Waals surface area contributed by atoms with Crippen LogP contribution in [0.1, 0.15) is 65.8 Å². The zero-order valence-corrected chi connectivity index (χ0v) is 20.6. The summed E-state index contributed by atoms with van der Waals surface area (Å²) in [7, 11) is 0. The Labute approximate surface area is 207 Å². The molecule has 5 rings (SSSR count). The second-order valence-electron chi connectivity index (χ2n) is 9.35. The van der Waals surface area contributed by atoms with Crippen molar-refractivity contribution in [1.29, 1.82) is 0 Å². The molecule has 1 aliphatic heterocycles. The number of nitrogens with zero attached hydrogens (tertiary/aromatic N) is 1. The molecule has 0 radical (unpaired) electrons. The fourth-order valence-electron chi connectivity index (χ4n) is 5.88. The predicted octanol–water partition coefficient (Wildman–Crippen LogP) is 6.56. The number of fused-ring (bicyclic) bond motifs is 1. The first-order chi connectivity index (χ1) is 17.2. The molecule has 35 heavy (non-hydrogen) atoms. The van der Waals surface area contributed by atoms with E-state index in [4.69, 9.17) is 4.74 Å². The van der Waals surface area contributed by atoms with Crippen LogP contribution in [0, 0.1) is 5.92 Å². The highest BCUT2D eigenvalue weighted by Gasteiger charge is 2.35. The lowest BCUT2D eigenvalue weighted by Crippen LogP contribution is -2.25. The minimum atomic E-state index is -0.236. The van der Waals surface area contributed by atoms with Crippen molar-refractivity contribution in [2.24, 2.45) is 5.92 Å². The summed E-state index contributed by atoms with van der Waals surface area (Å²) in [6, 6.07) is 29.8. The number of hydrogen-bond acceptors (Lipinski definition) is 3. The molecule has 1 aliphatic rings. The highest BCUT2D eigenvalue weighted by atomic mass is 16.5. The minimum Gasteiger partial charge on any atom is -0.461 e. The van der Waals surface area contributed by atoms with E-state index in [1.54, 1.807) is 0 Å². The second-order valence-corrected chi connectivity index (χ2v) is 9.35. The first-order valence-corrected chi connectivity index (χ1v) is 12.8. The van der Waals surface area contributed by atoms with Gasteiger partial charge in [-0.15, -0.1) is 0 Å². The van der Waals surface area contributed by atoms with Crippen LogP contribution in [0.3, 0.4) is 0 Å². The smallest absolute Gasteiger partial charge is 0.355 e. The van der Waals surface area contributed by atoms with Crippen LogP contribution < -0.4 is 5.32 Å². The van der Waals surface area contributed by atoms with Crippen molar-refractivity contribution in [3.8, 4) is 0 Å². The summed E-state index contributed by atoms with van der Waals surface area (Å²) in [6.45, 7) is 6.47. The maximum atomic E-state index is 13.8. The van der Waals surface area contributed by atoms with Crippen LogP contribution in [0.15, 0.2) is 84.9 Å². The standard InChI is InChI=1S/C31H34N2O2/c1-3-26(24-19-20-32-21-24)33-27-18-12-11-17-25(27)29(30(33)31(34)35-4-2)28(22-13-7-5-8-14-22)23-15-9-6-10-16-23/h5-18,24,26,28,32H,3-4,19-21H2,1-2H3. The van der Waals surface area contributed by atoms with Gasteiger partial charge in [0.15, 0.2) is 0 Å². The van der Waals surface area contributed by atoms with Gasteiger partial charge in [-0.25, -0.2) is 4.79 Å². The Kier molecular flexibility index (Phi) is 7.01. The lowest BCUT2D eigenvalue weighted by Gasteiger charge is -2.27. The third kappa shape index (κ3) is 4.39. The fraction of sp³-hybridized carbons (Fsp3) is 0.323. The van der Waals surface area contributed by atoms with E-state index in [-0.39, 0.29) is 17.9 Å². The van der Waals surface area contributed by atoms with Crippen LogP contribution in [0.2, 0.25) is 0 Å². The van der Waals surface area contributed by atoms with Crippen molar-refractivity contribution in [3.05, 3.63) is 107 Å². The molecule has 0 bridgehead atoms. The van der Waals surface area contributed by atoms with Crippen LogP contribution in [0.5, 0.6) is 0 Å². The normalized spacial score (nSPS) is 16.6. The Morgan fingerprint density at radius 1 is 0.943 bits per heavy atom. The van der Waals surface area contributed by atoms with E-state index in [1.807, 2.05) is 19.1 Å².